The number of unbranched alkanes of at least 4 members (excludes halogenated alkanes) is 1. The van der Waals surface area contributed by atoms with E-state index in [1.165, 1.54) is 52.6 Å². The summed E-state index contributed by atoms with van der Waals surface area (Å²) in [6.07, 6.45) is 6.17. The Kier molecular flexibility index (Phi) is 21.3. The van der Waals surface area contributed by atoms with Crippen LogP contribution in [0.2, 0.25) is 0 Å². The maximum absolute atomic E-state index is 14.6. The van der Waals surface area contributed by atoms with Crippen LogP contribution in [0.25, 0.3) is 0 Å². The van der Waals surface area contributed by atoms with Gasteiger partial charge in [-0.3, -0.25) is 33.6 Å². The van der Waals surface area contributed by atoms with Crippen molar-refractivity contribution >= 4 is 53.3 Å². The number of cyclic esters (lactones) is 2. The first-order valence-electron chi connectivity index (χ1n) is 25.4. The van der Waals surface area contributed by atoms with Crippen molar-refractivity contribution in [2.75, 3.05) is 34.2 Å². The summed E-state index contributed by atoms with van der Waals surface area (Å²) in [6, 6.07) is -7.63. The van der Waals surface area contributed by atoms with E-state index in [2.05, 4.69) is 16.6 Å². The Morgan fingerprint density at radius 1 is 0.643 bits per heavy atom. The van der Waals surface area contributed by atoms with Crippen molar-refractivity contribution in [2.24, 2.45) is 35.0 Å². The van der Waals surface area contributed by atoms with E-state index in [1.54, 1.807) is 76.2 Å². The topological polar surface area (TPSA) is 212 Å². The molecule has 70 heavy (non-hydrogen) atoms. The maximum Gasteiger partial charge on any atom is 0.329 e. The summed E-state index contributed by atoms with van der Waals surface area (Å²) in [6.45, 7) is 22.8. The molecule has 3 saturated heterocycles. The van der Waals surface area contributed by atoms with E-state index in [-0.39, 0.29) is 19.5 Å². The van der Waals surface area contributed by atoms with E-state index in [0.717, 1.165) is 0 Å². The summed E-state index contributed by atoms with van der Waals surface area (Å²) in [5.41, 5.74) is -1.45. The van der Waals surface area contributed by atoms with Gasteiger partial charge >= 0.3 is 11.9 Å². The van der Waals surface area contributed by atoms with Crippen molar-refractivity contribution in [3.8, 4) is 12.3 Å². The predicted molar refractivity (Wildman–Crippen MR) is 264 cm³/mol. The number of nitrogens with zero attached hydrogens (tertiary/aromatic N) is 5. The van der Waals surface area contributed by atoms with E-state index in [0.29, 0.717) is 44.9 Å². The molecule has 0 bridgehead atoms. The normalized spacial score (nSPS) is 29.4. The lowest BCUT2D eigenvalue weighted by atomic mass is 9.81. The minimum atomic E-state index is -1.45. The first kappa shape index (κ1) is 59.1. The van der Waals surface area contributed by atoms with Crippen molar-refractivity contribution in [3.63, 3.8) is 0 Å². The van der Waals surface area contributed by atoms with Gasteiger partial charge in [0.05, 0.1) is 5.41 Å². The standard InChI is InChI=1S/C52H85N7O11/c1-18-20-21-26-37-52(13,14)51(68)54-39(33(11)19-2)46(63)55(15)34(12)44(61)56(16)40(30(5)6)47(64)57(17)41(31(7)8)50(67)70-42(32(9)10)48(65)59-28-23-25-36(59)45(62)58-27-22-24-35(58)43(60)53-38(29(3)4)49(66)69-37/h1,29-42H,19-28H2,2-17H3,(H,53,60)(H,54,68)/t33-,34-,35-,36-,37+,38-,39-,40-,41-,42+/m0/s1. The van der Waals surface area contributed by atoms with E-state index in [9.17, 15) is 43.2 Å². The molecule has 0 aromatic carbocycles. The van der Waals surface area contributed by atoms with E-state index < -0.39 is 143 Å². The summed E-state index contributed by atoms with van der Waals surface area (Å²) < 4.78 is 12.2. The molecule has 7 amide bonds. The summed E-state index contributed by atoms with van der Waals surface area (Å²) >= 11 is 0. The van der Waals surface area contributed by atoms with Gasteiger partial charge in [-0.15, -0.1) is 12.3 Å². The van der Waals surface area contributed by atoms with Crippen LogP contribution >= 0.6 is 0 Å². The minimum Gasteiger partial charge on any atom is -0.460 e. The minimum absolute atomic E-state index is 0.177. The third-order valence-electron chi connectivity index (χ3n) is 14.7. The van der Waals surface area contributed by atoms with E-state index in [4.69, 9.17) is 15.9 Å². The van der Waals surface area contributed by atoms with Gasteiger partial charge in [-0.2, -0.15) is 0 Å². The molecule has 0 unspecified atom stereocenters. The number of carbonyl (C=O) groups excluding carboxylic acids is 9. The molecule has 3 fully saturated rings. The Balaban J connectivity index is 2.22. The van der Waals surface area contributed by atoms with Gasteiger partial charge in [0.15, 0.2) is 6.10 Å². The molecule has 0 saturated carbocycles. The Morgan fingerprint density at radius 3 is 1.70 bits per heavy atom. The number of carbonyl (C=O) groups is 9. The van der Waals surface area contributed by atoms with Crippen LogP contribution in [0.1, 0.15) is 141 Å². The van der Waals surface area contributed by atoms with Crippen molar-refractivity contribution < 1.29 is 52.6 Å². The highest BCUT2D eigenvalue weighted by Crippen LogP contribution is 2.32. The van der Waals surface area contributed by atoms with Crippen LogP contribution in [-0.4, -0.2) is 167 Å². The lowest BCUT2D eigenvalue weighted by Gasteiger charge is -2.40. The van der Waals surface area contributed by atoms with E-state index in [1.807, 2.05) is 6.92 Å². The third kappa shape index (κ3) is 13.4. The van der Waals surface area contributed by atoms with Crippen LogP contribution in [0, 0.1) is 47.3 Å². The molecule has 0 aliphatic carbocycles. The molecule has 3 aliphatic rings. The van der Waals surface area contributed by atoms with E-state index >= 15 is 0 Å². The largest absolute Gasteiger partial charge is 0.460 e. The van der Waals surface area contributed by atoms with Crippen LogP contribution in [0.3, 0.4) is 0 Å². The molecule has 10 atom stereocenters. The number of terminal acetylenes is 1. The lowest BCUT2D eigenvalue weighted by molar-refractivity contribution is -0.172. The monoisotopic (exact) mass is 984 g/mol. The number of amides is 7. The molecular weight excluding hydrogens is 899 g/mol. The average Bonchev–Trinajstić information content (AvgIpc) is 4.00. The van der Waals surface area contributed by atoms with Gasteiger partial charge in [0, 0.05) is 40.7 Å². The molecule has 18 heteroatoms. The molecular formula is C52H85N7O11. The van der Waals surface area contributed by atoms with Crippen LogP contribution < -0.4 is 10.6 Å². The molecule has 0 spiro atoms. The molecule has 3 heterocycles. The first-order chi connectivity index (χ1) is 32.6. The molecule has 0 radical (unpaired) electrons. The fourth-order valence-corrected chi connectivity index (χ4v) is 9.81. The zero-order valence-electron chi connectivity index (χ0n) is 45.0. The Morgan fingerprint density at radius 2 is 1.19 bits per heavy atom. The number of rotatable bonds is 9. The van der Waals surface area contributed by atoms with Gasteiger partial charge in [0.1, 0.15) is 48.4 Å². The number of hydrogen-bond donors (Lipinski definition) is 2. The fraction of sp³-hybridized carbons (Fsp3) is 0.788. The van der Waals surface area contributed by atoms with Crippen molar-refractivity contribution in [3.05, 3.63) is 0 Å². The van der Waals surface area contributed by atoms with Crippen LogP contribution in [0.15, 0.2) is 0 Å². The van der Waals surface area contributed by atoms with Crippen molar-refractivity contribution in [1.29, 1.82) is 0 Å². The second-order valence-corrected chi connectivity index (χ2v) is 21.7. The number of fused-ring (bicyclic) bond motifs is 2. The molecule has 0 aromatic heterocycles. The Labute approximate surface area is 417 Å². The highest BCUT2D eigenvalue weighted by Gasteiger charge is 2.48. The predicted octanol–water partition coefficient (Wildman–Crippen LogP) is 3.78. The van der Waals surface area contributed by atoms with Gasteiger partial charge in [-0.25, -0.2) is 9.59 Å². The highest BCUT2D eigenvalue weighted by atomic mass is 16.6. The highest BCUT2D eigenvalue weighted by molar-refractivity contribution is 5.97. The van der Waals surface area contributed by atoms with Gasteiger partial charge in [0.25, 0.3) is 5.91 Å². The van der Waals surface area contributed by atoms with Gasteiger partial charge in [-0.05, 0) is 88.9 Å². The van der Waals surface area contributed by atoms with Gasteiger partial charge in [0.2, 0.25) is 35.4 Å². The Bertz CT molecular complexity index is 1960. The second kappa shape index (κ2) is 25.3. The molecule has 2 N–H and O–H groups in total. The van der Waals surface area contributed by atoms with Crippen LogP contribution in [0.4, 0.5) is 0 Å². The SMILES string of the molecule is C#CCCC[C@H]1OC(=O)[C@H](C(C)C)NC(=O)[C@@H]2CCCN2C(=O)[C@@H]2CCCN2C(=O)[C@@H](C(C)C)OC(=O)[C@H](C(C)C)N(C)C(=O)[C@H](C(C)C)N(C)C(=O)[C@H](C)N(C)C(=O)[C@H]([C@@H](C)CC)NC(=O)C1(C)C. The summed E-state index contributed by atoms with van der Waals surface area (Å²) in [5.74, 6) is -5.36. The smallest absolute Gasteiger partial charge is 0.329 e. The number of hydrogen-bond acceptors (Lipinski definition) is 11. The van der Waals surface area contributed by atoms with Crippen molar-refractivity contribution in [2.45, 2.75) is 196 Å². The third-order valence-corrected chi connectivity index (χ3v) is 14.7. The lowest BCUT2D eigenvalue weighted by Crippen LogP contribution is -2.61. The number of esters is 2. The average molecular weight is 984 g/mol. The zero-order valence-corrected chi connectivity index (χ0v) is 45.0. The summed E-state index contributed by atoms with van der Waals surface area (Å²) in [5, 5.41) is 5.77. The van der Waals surface area contributed by atoms with Gasteiger partial charge in [-0.1, -0.05) is 75.7 Å². The summed E-state index contributed by atoms with van der Waals surface area (Å²) in [7, 11) is 4.37. The zero-order chi connectivity index (χ0) is 53.3. The van der Waals surface area contributed by atoms with Crippen molar-refractivity contribution in [1.82, 2.24) is 35.1 Å². The van der Waals surface area contributed by atoms with Gasteiger partial charge < -0.3 is 44.6 Å². The molecule has 0 aromatic rings. The molecule has 394 valence electrons. The molecule has 3 rings (SSSR count). The quantitative estimate of drug-likeness (QED) is 0.193. The second-order valence-electron chi connectivity index (χ2n) is 21.7. The number of ether oxygens (including phenoxy) is 2. The summed E-state index contributed by atoms with van der Waals surface area (Å²) in [4.78, 5) is 137. The fourth-order valence-electron chi connectivity index (χ4n) is 9.81. The first-order valence-corrected chi connectivity index (χ1v) is 25.4. The molecule has 18 nitrogen and oxygen atoms in total. The Hall–Kier alpha value is -5.21. The molecule has 3 aliphatic heterocycles. The van der Waals surface area contributed by atoms with Crippen LogP contribution in [0.5, 0.6) is 0 Å². The van der Waals surface area contributed by atoms with Crippen LogP contribution in [-0.2, 0) is 52.6 Å². The maximum atomic E-state index is 14.6. The number of nitrogens with one attached hydrogen (secondary N) is 2. The number of likely N-dealkylation sites (N-methyl/N-ethyl adjacent to an activating group) is 3.